The third-order valence-electron chi connectivity index (χ3n) is 4.85. The summed E-state index contributed by atoms with van der Waals surface area (Å²) in [5, 5.41) is 0.816. The van der Waals surface area contributed by atoms with Gasteiger partial charge in [0.25, 0.3) is 0 Å². The molecule has 2 N–H and O–H groups in total. The topological polar surface area (TPSA) is 35.2 Å². The minimum Gasteiger partial charge on any atom is -0.377 e. The van der Waals surface area contributed by atoms with Crippen molar-refractivity contribution >= 4 is 11.6 Å². The summed E-state index contributed by atoms with van der Waals surface area (Å²) < 4.78 is 5.86. The van der Waals surface area contributed by atoms with E-state index < -0.39 is 0 Å². The van der Waals surface area contributed by atoms with Gasteiger partial charge in [0.05, 0.1) is 5.60 Å². The molecule has 1 aliphatic carbocycles. The monoisotopic (exact) mass is 295 g/mol. The third-order valence-corrected chi connectivity index (χ3v) is 5.20. The summed E-state index contributed by atoms with van der Waals surface area (Å²) in [6, 6.07) is 6.19. The molecule has 20 heavy (non-hydrogen) atoms. The molecule has 0 saturated heterocycles. The second-order valence-electron chi connectivity index (χ2n) is 6.36. The third kappa shape index (κ3) is 3.36. The highest BCUT2D eigenvalue weighted by atomic mass is 35.5. The number of ether oxygens (including phenoxy) is 1. The van der Waals surface area contributed by atoms with Crippen LogP contribution in [0.5, 0.6) is 0 Å². The number of halogens is 1. The van der Waals surface area contributed by atoms with E-state index in [1.165, 1.54) is 18.4 Å². The Balaban J connectivity index is 2.11. The number of methoxy groups -OCH3 is 1. The number of rotatable bonds is 4. The lowest BCUT2D eigenvalue weighted by Crippen LogP contribution is -2.52. The predicted molar refractivity (Wildman–Crippen MR) is 85.2 cm³/mol. The van der Waals surface area contributed by atoms with Gasteiger partial charge in [0.15, 0.2) is 0 Å². The molecule has 0 heterocycles. The quantitative estimate of drug-likeness (QED) is 0.907. The average molecular weight is 296 g/mol. The van der Waals surface area contributed by atoms with Crippen molar-refractivity contribution in [3.63, 3.8) is 0 Å². The van der Waals surface area contributed by atoms with Crippen molar-refractivity contribution in [1.29, 1.82) is 0 Å². The summed E-state index contributed by atoms with van der Waals surface area (Å²) in [5.41, 5.74) is 8.62. The number of benzene rings is 1. The number of hydrogen-bond donors (Lipinski definition) is 1. The van der Waals surface area contributed by atoms with Crippen molar-refractivity contribution in [3.05, 3.63) is 34.3 Å². The molecule has 2 rings (SSSR count). The van der Waals surface area contributed by atoms with Gasteiger partial charge in [-0.15, -0.1) is 0 Å². The molecule has 0 radical (unpaired) electrons. The molecule has 0 aliphatic heterocycles. The number of hydrogen-bond acceptors (Lipinski definition) is 2. The molecule has 0 aromatic heterocycles. The first-order valence-corrected chi connectivity index (χ1v) is 7.90. The summed E-state index contributed by atoms with van der Waals surface area (Å²) in [6.45, 7) is 4.36. The van der Waals surface area contributed by atoms with Gasteiger partial charge in [-0.25, -0.2) is 0 Å². The molecule has 1 saturated carbocycles. The van der Waals surface area contributed by atoms with Gasteiger partial charge in [-0.2, -0.15) is 0 Å². The smallest absolute Gasteiger partial charge is 0.0832 e. The molecular weight excluding hydrogens is 270 g/mol. The van der Waals surface area contributed by atoms with Gasteiger partial charge in [-0.05, 0) is 62.1 Å². The van der Waals surface area contributed by atoms with Crippen molar-refractivity contribution in [2.45, 2.75) is 57.6 Å². The van der Waals surface area contributed by atoms with Gasteiger partial charge in [0.2, 0.25) is 0 Å². The Hall–Kier alpha value is -0.570. The van der Waals surface area contributed by atoms with Gasteiger partial charge in [-0.1, -0.05) is 30.7 Å². The van der Waals surface area contributed by atoms with Crippen LogP contribution in [0.2, 0.25) is 5.02 Å². The second kappa shape index (κ2) is 6.46. The highest BCUT2D eigenvalue weighted by Gasteiger charge is 2.39. The second-order valence-corrected chi connectivity index (χ2v) is 6.76. The Morgan fingerprint density at radius 1 is 1.40 bits per heavy atom. The van der Waals surface area contributed by atoms with Crippen molar-refractivity contribution in [1.82, 2.24) is 0 Å². The molecule has 1 aromatic rings. The molecule has 1 fully saturated rings. The maximum absolute atomic E-state index is 6.49. The van der Waals surface area contributed by atoms with Crippen molar-refractivity contribution in [2.75, 3.05) is 7.11 Å². The maximum atomic E-state index is 6.49. The Morgan fingerprint density at radius 2 is 2.05 bits per heavy atom. The Morgan fingerprint density at radius 3 is 2.60 bits per heavy atom. The van der Waals surface area contributed by atoms with E-state index in [1.54, 1.807) is 7.11 Å². The zero-order chi connectivity index (χ0) is 14.8. The molecule has 0 bridgehead atoms. The predicted octanol–water partition coefficient (Wildman–Crippen LogP) is 4.11. The van der Waals surface area contributed by atoms with E-state index in [4.69, 9.17) is 22.1 Å². The van der Waals surface area contributed by atoms with E-state index in [0.29, 0.717) is 0 Å². The fraction of sp³-hybridized carbons (Fsp3) is 0.647. The highest BCUT2D eigenvalue weighted by molar-refractivity contribution is 6.31. The minimum atomic E-state index is -0.180. The van der Waals surface area contributed by atoms with Crippen LogP contribution in [-0.4, -0.2) is 18.8 Å². The van der Waals surface area contributed by atoms with Crippen LogP contribution in [0.1, 0.15) is 43.7 Å². The first-order valence-electron chi connectivity index (χ1n) is 7.52. The average Bonchev–Trinajstić information content (AvgIpc) is 2.43. The van der Waals surface area contributed by atoms with E-state index in [0.717, 1.165) is 35.8 Å². The van der Waals surface area contributed by atoms with Crippen LogP contribution >= 0.6 is 11.6 Å². The molecule has 1 unspecified atom stereocenters. The van der Waals surface area contributed by atoms with E-state index in [-0.39, 0.29) is 11.6 Å². The summed E-state index contributed by atoms with van der Waals surface area (Å²) in [6.07, 6.45) is 5.28. The lowest BCUT2D eigenvalue weighted by atomic mass is 9.74. The van der Waals surface area contributed by atoms with Crippen molar-refractivity contribution in [3.8, 4) is 0 Å². The van der Waals surface area contributed by atoms with Gasteiger partial charge < -0.3 is 10.5 Å². The Kier molecular flexibility index (Phi) is 5.11. The van der Waals surface area contributed by atoms with Crippen LogP contribution in [0.3, 0.4) is 0 Å². The zero-order valence-electron chi connectivity index (χ0n) is 12.8. The normalized spacial score (nSPS) is 28.4. The maximum Gasteiger partial charge on any atom is 0.0832 e. The summed E-state index contributed by atoms with van der Waals surface area (Å²) in [4.78, 5) is 0. The molecule has 0 amide bonds. The van der Waals surface area contributed by atoms with Crippen LogP contribution < -0.4 is 5.73 Å². The molecule has 1 atom stereocenters. The first-order chi connectivity index (χ1) is 9.47. The van der Waals surface area contributed by atoms with Gasteiger partial charge in [0, 0.05) is 18.2 Å². The Bertz CT molecular complexity index is 452. The fourth-order valence-electron chi connectivity index (χ4n) is 3.22. The van der Waals surface area contributed by atoms with Gasteiger partial charge in [0.1, 0.15) is 0 Å². The van der Waals surface area contributed by atoms with Crippen LogP contribution in [0.15, 0.2) is 18.2 Å². The Labute approximate surface area is 127 Å². The molecule has 1 aliphatic rings. The number of aryl methyl sites for hydroxylation is 1. The standard InChI is InChI=1S/C17H26ClNO/c1-12-6-8-17(20-3,9-7-12)16(19)11-14-5-4-13(2)10-15(14)18/h4-5,10,12,16H,6-9,11,19H2,1-3H3. The molecule has 2 nitrogen and oxygen atoms in total. The zero-order valence-corrected chi connectivity index (χ0v) is 13.5. The highest BCUT2D eigenvalue weighted by Crippen LogP contribution is 2.37. The lowest BCUT2D eigenvalue weighted by Gasteiger charge is -2.42. The largest absolute Gasteiger partial charge is 0.377 e. The molecule has 112 valence electrons. The molecule has 0 spiro atoms. The summed E-state index contributed by atoms with van der Waals surface area (Å²) in [5.74, 6) is 0.786. The summed E-state index contributed by atoms with van der Waals surface area (Å²) >= 11 is 6.33. The first kappa shape index (κ1) is 15.8. The fourth-order valence-corrected chi connectivity index (χ4v) is 3.53. The van der Waals surface area contributed by atoms with Crippen LogP contribution in [0.25, 0.3) is 0 Å². The van der Waals surface area contributed by atoms with Crippen LogP contribution in [-0.2, 0) is 11.2 Å². The van der Waals surface area contributed by atoms with E-state index in [2.05, 4.69) is 26.0 Å². The van der Waals surface area contributed by atoms with Crippen LogP contribution in [0.4, 0.5) is 0 Å². The van der Waals surface area contributed by atoms with Gasteiger partial charge in [-0.3, -0.25) is 0 Å². The molecule has 3 heteroatoms. The molecule has 1 aromatic carbocycles. The SMILES string of the molecule is COC1(C(N)Cc2ccc(C)cc2Cl)CCC(C)CC1. The minimum absolute atomic E-state index is 0.000191. The van der Waals surface area contributed by atoms with Gasteiger partial charge >= 0.3 is 0 Å². The van der Waals surface area contributed by atoms with Crippen molar-refractivity contribution < 1.29 is 4.74 Å². The lowest BCUT2D eigenvalue weighted by molar-refractivity contribution is -0.0659. The number of nitrogens with two attached hydrogens (primary N) is 1. The van der Waals surface area contributed by atoms with E-state index in [9.17, 15) is 0 Å². The van der Waals surface area contributed by atoms with Crippen LogP contribution in [0, 0.1) is 12.8 Å². The van der Waals surface area contributed by atoms with E-state index in [1.807, 2.05) is 6.07 Å². The summed E-state index contributed by atoms with van der Waals surface area (Å²) in [7, 11) is 1.80. The molecular formula is C17H26ClNO. The van der Waals surface area contributed by atoms with Crippen molar-refractivity contribution in [2.24, 2.45) is 11.7 Å². The van der Waals surface area contributed by atoms with E-state index >= 15 is 0 Å².